The lowest BCUT2D eigenvalue weighted by atomic mass is 10.1. The van der Waals surface area contributed by atoms with Crippen molar-refractivity contribution in [1.82, 2.24) is 4.90 Å². The van der Waals surface area contributed by atoms with Gasteiger partial charge in [-0.05, 0) is 17.7 Å². The van der Waals surface area contributed by atoms with E-state index in [1.54, 1.807) is 0 Å². The van der Waals surface area contributed by atoms with Crippen LogP contribution in [0.25, 0.3) is 6.08 Å². The normalized spacial score (nSPS) is 12.9. The summed E-state index contributed by atoms with van der Waals surface area (Å²) < 4.78 is 0. The molecule has 2 nitrogen and oxygen atoms in total. The molecule has 0 saturated heterocycles. The highest BCUT2D eigenvalue weighted by Gasteiger charge is 2.12. The molecule has 2 heteroatoms. The number of likely N-dealkylation sites (N-methyl/N-ethyl adjacent to an activating group) is 1. The van der Waals surface area contributed by atoms with Gasteiger partial charge in [-0.2, -0.15) is 0 Å². The lowest BCUT2D eigenvalue weighted by Crippen LogP contribution is -2.38. The smallest absolute Gasteiger partial charge is 0.0407 e. The Balaban J connectivity index is 2.05. The predicted octanol–water partition coefficient (Wildman–Crippen LogP) is 3.55. The summed E-state index contributed by atoms with van der Waals surface area (Å²) in [4.78, 5) is 2.40. The molecule has 21 heavy (non-hydrogen) atoms. The predicted molar refractivity (Wildman–Crippen MR) is 90.8 cm³/mol. The third-order valence-corrected chi connectivity index (χ3v) is 3.66. The van der Waals surface area contributed by atoms with E-state index in [-0.39, 0.29) is 6.04 Å². The van der Waals surface area contributed by atoms with Crippen molar-refractivity contribution in [2.45, 2.75) is 19.5 Å². The molecule has 110 valence electrons. The molecule has 0 spiro atoms. The molecule has 2 aromatic carbocycles. The fourth-order valence-corrected chi connectivity index (χ4v) is 2.42. The van der Waals surface area contributed by atoms with Crippen LogP contribution < -0.4 is 5.73 Å². The van der Waals surface area contributed by atoms with E-state index in [0.29, 0.717) is 6.54 Å². The van der Waals surface area contributed by atoms with E-state index in [0.717, 1.165) is 13.1 Å². The van der Waals surface area contributed by atoms with Gasteiger partial charge in [0.05, 0.1) is 0 Å². The Morgan fingerprint density at radius 3 is 2.19 bits per heavy atom. The first-order chi connectivity index (χ1) is 10.3. The fraction of sp³-hybridized carbons (Fsp3) is 0.263. The highest BCUT2D eigenvalue weighted by Crippen LogP contribution is 2.10. The zero-order chi connectivity index (χ0) is 14.9. The Hall–Kier alpha value is -1.90. The summed E-state index contributed by atoms with van der Waals surface area (Å²) >= 11 is 0. The van der Waals surface area contributed by atoms with E-state index in [4.69, 9.17) is 5.73 Å². The maximum Gasteiger partial charge on any atom is 0.0407 e. The van der Waals surface area contributed by atoms with Crippen LogP contribution in [-0.4, -0.2) is 24.0 Å². The second kappa shape index (κ2) is 8.40. The molecule has 2 N–H and O–H groups in total. The summed E-state index contributed by atoms with van der Waals surface area (Å²) in [6.07, 6.45) is 4.37. The van der Waals surface area contributed by atoms with Crippen LogP contribution in [0.3, 0.4) is 0 Å². The molecule has 0 aliphatic carbocycles. The molecule has 2 aromatic rings. The van der Waals surface area contributed by atoms with E-state index < -0.39 is 0 Å². The lowest BCUT2D eigenvalue weighted by molar-refractivity contribution is 0.237. The summed E-state index contributed by atoms with van der Waals surface area (Å²) in [7, 11) is 0. The molecular weight excluding hydrogens is 256 g/mol. The van der Waals surface area contributed by atoms with Gasteiger partial charge in [-0.1, -0.05) is 79.7 Å². The number of benzene rings is 2. The molecule has 0 heterocycles. The Kier molecular flexibility index (Phi) is 6.20. The van der Waals surface area contributed by atoms with Crippen LogP contribution in [0.4, 0.5) is 0 Å². The zero-order valence-corrected chi connectivity index (χ0v) is 12.7. The van der Waals surface area contributed by atoms with E-state index in [9.17, 15) is 0 Å². The summed E-state index contributed by atoms with van der Waals surface area (Å²) in [5, 5.41) is 0. The maximum absolute atomic E-state index is 5.97. The second-order valence-electron chi connectivity index (χ2n) is 5.12. The Labute approximate surface area is 127 Å². The minimum absolute atomic E-state index is 0.260. The zero-order valence-electron chi connectivity index (χ0n) is 12.7. The molecular formula is C19H24N2. The van der Waals surface area contributed by atoms with Crippen LogP contribution in [0.1, 0.15) is 18.1 Å². The van der Waals surface area contributed by atoms with Gasteiger partial charge in [-0.3, -0.25) is 4.90 Å². The van der Waals surface area contributed by atoms with Gasteiger partial charge in [0.15, 0.2) is 0 Å². The number of rotatable bonds is 7. The highest BCUT2D eigenvalue weighted by atomic mass is 15.2. The molecule has 0 aromatic heterocycles. The van der Waals surface area contributed by atoms with Crippen molar-refractivity contribution in [1.29, 1.82) is 0 Å². The minimum atomic E-state index is 0.260. The van der Waals surface area contributed by atoms with Crippen LogP contribution in [-0.2, 0) is 6.54 Å². The third-order valence-electron chi connectivity index (χ3n) is 3.66. The molecule has 0 saturated carbocycles. The average Bonchev–Trinajstić information content (AvgIpc) is 2.56. The Morgan fingerprint density at radius 1 is 1.00 bits per heavy atom. The van der Waals surface area contributed by atoms with Crippen molar-refractivity contribution in [3.63, 3.8) is 0 Å². The minimum Gasteiger partial charge on any atom is -0.329 e. The molecule has 1 unspecified atom stereocenters. The summed E-state index contributed by atoms with van der Waals surface area (Å²) in [5.74, 6) is 0. The first-order valence-electron chi connectivity index (χ1n) is 7.54. The quantitative estimate of drug-likeness (QED) is 0.840. The summed E-state index contributed by atoms with van der Waals surface area (Å²) in [6, 6.07) is 21.2. The molecule has 0 fully saturated rings. The molecule has 0 bridgehead atoms. The largest absolute Gasteiger partial charge is 0.329 e. The summed E-state index contributed by atoms with van der Waals surface area (Å²) in [6.45, 7) is 4.72. The number of nitrogens with two attached hydrogens (primary N) is 1. The fourth-order valence-electron chi connectivity index (χ4n) is 2.42. The van der Waals surface area contributed by atoms with Crippen LogP contribution in [0.15, 0.2) is 66.7 Å². The SMILES string of the molecule is CCN(Cc1ccccc1)C(/C=C\c1ccccc1)CN. The van der Waals surface area contributed by atoms with Crippen molar-refractivity contribution in [2.75, 3.05) is 13.1 Å². The van der Waals surface area contributed by atoms with Gasteiger partial charge in [-0.25, -0.2) is 0 Å². The molecule has 2 rings (SSSR count). The van der Waals surface area contributed by atoms with Gasteiger partial charge in [0.2, 0.25) is 0 Å². The maximum atomic E-state index is 5.97. The number of hydrogen-bond donors (Lipinski definition) is 1. The van der Waals surface area contributed by atoms with Crippen molar-refractivity contribution in [3.05, 3.63) is 77.9 Å². The van der Waals surface area contributed by atoms with E-state index in [1.165, 1.54) is 11.1 Å². The monoisotopic (exact) mass is 280 g/mol. The third kappa shape index (κ3) is 4.85. The van der Waals surface area contributed by atoms with Crippen LogP contribution in [0, 0.1) is 0 Å². The van der Waals surface area contributed by atoms with E-state index in [1.807, 2.05) is 6.07 Å². The van der Waals surface area contributed by atoms with Gasteiger partial charge >= 0.3 is 0 Å². The van der Waals surface area contributed by atoms with Gasteiger partial charge in [0, 0.05) is 19.1 Å². The van der Waals surface area contributed by atoms with Crippen LogP contribution in [0.2, 0.25) is 0 Å². The molecule has 0 aliphatic heterocycles. The van der Waals surface area contributed by atoms with E-state index in [2.05, 4.69) is 78.6 Å². The topological polar surface area (TPSA) is 29.3 Å². The lowest BCUT2D eigenvalue weighted by Gasteiger charge is -2.27. The van der Waals surface area contributed by atoms with E-state index >= 15 is 0 Å². The van der Waals surface area contributed by atoms with Gasteiger partial charge in [0.1, 0.15) is 0 Å². The van der Waals surface area contributed by atoms with Crippen molar-refractivity contribution in [2.24, 2.45) is 5.73 Å². The molecule has 0 radical (unpaired) electrons. The van der Waals surface area contributed by atoms with Gasteiger partial charge in [-0.15, -0.1) is 0 Å². The van der Waals surface area contributed by atoms with Crippen molar-refractivity contribution < 1.29 is 0 Å². The van der Waals surface area contributed by atoms with Crippen molar-refractivity contribution in [3.8, 4) is 0 Å². The van der Waals surface area contributed by atoms with Gasteiger partial charge in [0.25, 0.3) is 0 Å². The highest BCUT2D eigenvalue weighted by molar-refractivity contribution is 5.49. The van der Waals surface area contributed by atoms with Crippen molar-refractivity contribution >= 4 is 6.08 Å². The molecule has 0 amide bonds. The first kappa shape index (κ1) is 15.5. The van der Waals surface area contributed by atoms with Crippen LogP contribution in [0.5, 0.6) is 0 Å². The standard InChI is InChI=1S/C19H24N2/c1-2-21(16-18-11-7-4-8-12-18)19(15-20)14-13-17-9-5-3-6-10-17/h3-14,19H,2,15-16,20H2,1H3/b14-13-. The molecule has 0 aliphatic rings. The Morgan fingerprint density at radius 2 is 1.62 bits per heavy atom. The average molecular weight is 280 g/mol. The number of nitrogens with zero attached hydrogens (tertiary/aromatic N) is 1. The van der Waals surface area contributed by atoms with Crippen LogP contribution >= 0.6 is 0 Å². The Bertz CT molecular complexity index is 534. The second-order valence-corrected chi connectivity index (χ2v) is 5.12. The molecule has 1 atom stereocenters. The number of hydrogen-bond acceptors (Lipinski definition) is 2. The van der Waals surface area contributed by atoms with Gasteiger partial charge < -0.3 is 5.73 Å². The first-order valence-corrected chi connectivity index (χ1v) is 7.54. The summed E-state index contributed by atoms with van der Waals surface area (Å²) in [5.41, 5.74) is 8.51.